The van der Waals surface area contributed by atoms with Crippen LogP contribution in [-0.2, 0) is 12.8 Å². The molecule has 0 aliphatic heterocycles. The second kappa shape index (κ2) is 11.7. The number of rotatable bonds is 3. The Balaban J connectivity index is 0.000000454. The zero-order valence-corrected chi connectivity index (χ0v) is 17.8. The molecule has 0 amide bonds. The maximum atomic E-state index is 13.8. The average Bonchev–Trinajstić information content (AvgIpc) is 2.69. The number of hydrogen-bond acceptors (Lipinski definition) is 1. The van der Waals surface area contributed by atoms with E-state index in [1.54, 1.807) is 18.2 Å². The van der Waals surface area contributed by atoms with Gasteiger partial charge in [0.2, 0.25) is 0 Å². The lowest BCUT2D eigenvalue weighted by molar-refractivity contribution is 0.103. The molecule has 1 aliphatic carbocycles. The summed E-state index contributed by atoms with van der Waals surface area (Å²) in [5.41, 5.74) is 3.18. The summed E-state index contributed by atoms with van der Waals surface area (Å²) >= 11 is 0. The second-order valence-corrected chi connectivity index (χ2v) is 7.40. The molecular weight excluding hydrogens is 335 g/mol. The predicted molar refractivity (Wildman–Crippen MR) is 114 cm³/mol. The van der Waals surface area contributed by atoms with E-state index in [9.17, 15) is 9.18 Å². The van der Waals surface area contributed by atoms with Gasteiger partial charge in [-0.15, -0.1) is 0 Å². The molecule has 2 aromatic rings. The van der Waals surface area contributed by atoms with Crippen molar-refractivity contribution in [1.29, 1.82) is 0 Å². The molecule has 0 radical (unpaired) electrons. The zero-order valence-electron chi connectivity index (χ0n) is 17.8. The first-order valence-electron chi connectivity index (χ1n) is 10.3. The summed E-state index contributed by atoms with van der Waals surface area (Å²) in [6.45, 7) is 12.8. The van der Waals surface area contributed by atoms with E-state index in [0.717, 1.165) is 30.7 Å². The molecule has 1 unspecified atom stereocenters. The number of halogens is 1. The smallest absolute Gasteiger partial charge is 0.196 e. The van der Waals surface area contributed by atoms with Gasteiger partial charge in [0.15, 0.2) is 5.78 Å². The lowest BCUT2D eigenvalue weighted by Gasteiger charge is -2.23. The highest BCUT2D eigenvalue weighted by Gasteiger charge is 2.22. The highest BCUT2D eigenvalue weighted by molar-refractivity contribution is 6.10. The van der Waals surface area contributed by atoms with E-state index in [0.29, 0.717) is 11.5 Å². The molecule has 148 valence electrons. The van der Waals surface area contributed by atoms with Gasteiger partial charge in [0.25, 0.3) is 0 Å². The Morgan fingerprint density at radius 2 is 1.67 bits per heavy atom. The van der Waals surface area contributed by atoms with E-state index in [1.807, 2.05) is 26.0 Å². The standard InChI is InChI=1S/C18H17FO.C5H12.C2H6/c1-12-9-10-13-5-4-7-14(16(13)11-12)18(20)15-6-2-3-8-17(15)19;1-4-5(2)3;1-2/h2-8,12H,9-11H2,1H3;5H,4H2,1-3H3;1-2H3. The molecule has 0 bridgehead atoms. The predicted octanol–water partition coefficient (Wildman–Crippen LogP) is 7.26. The molecule has 3 rings (SSSR count). The molecule has 2 heteroatoms. The molecule has 1 atom stereocenters. The first kappa shape index (κ1) is 23.1. The first-order valence-corrected chi connectivity index (χ1v) is 10.3. The minimum Gasteiger partial charge on any atom is -0.288 e. The highest BCUT2D eigenvalue weighted by Crippen LogP contribution is 2.29. The Hall–Kier alpha value is -1.96. The monoisotopic (exact) mass is 370 g/mol. The van der Waals surface area contributed by atoms with Crippen LogP contribution in [-0.4, -0.2) is 5.78 Å². The van der Waals surface area contributed by atoms with E-state index >= 15 is 0 Å². The SMILES string of the molecule is CC.CC1CCc2cccc(C(=O)c3ccccc3F)c2C1.CCC(C)C. The molecule has 2 aromatic carbocycles. The number of carbonyl (C=O) groups excluding carboxylic acids is 1. The van der Waals surface area contributed by atoms with Crippen molar-refractivity contribution in [3.63, 3.8) is 0 Å². The van der Waals surface area contributed by atoms with Crippen molar-refractivity contribution in [2.24, 2.45) is 11.8 Å². The third-order valence-corrected chi connectivity index (χ3v) is 4.91. The van der Waals surface area contributed by atoms with Crippen LogP contribution in [0.25, 0.3) is 0 Å². The van der Waals surface area contributed by atoms with Crippen molar-refractivity contribution in [1.82, 2.24) is 0 Å². The van der Waals surface area contributed by atoms with Crippen molar-refractivity contribution >= 4 is 5.78 Å². The maximum absolute atomic E-state index is 13.8. The Labute approximate surface area is 165 Å². The van der Waals surface area contributed by atoms with E-state index in [4.69, 9.17) is 0 Å². The van der Waals surface area contributed by atoms with Crippen LogP contribution in [0, 0.1) is 17.7 Å². The maximum Gasteiger partial charge on any atom is 0.196 e. The van der Waals surface area contributed by atoms with E-state index in [2.05, 4.69) is 33.8 Å². The molecule has 0 N–H and O–H groups in total. The van der Waals surface area contributed by atoms with Crippen molar-refractivity contribution in [2.45, 2.75) is 67.2 Å². The number of hydrogen-bond donors (Lipinski definition) is 0. The molecular formula is C25H35FO. The van der Waals surface area contributed by atoms with Gasteiger partial charge in [-0.1, -0.05) is 78.3 Å². The second-order valence-electron chi connectivity index (χ2n) is 7.40. The van der Waals surface area contributed by atoms with Gasteiger partial charge in [-0.05, 0) is 54.4 Å². The summed E-state index contributed by atoms with van der Waals surface area (Å²) in [7, 11) is 0. The molecule has 1 aliphatic rings. The Morgan fingerprint density at radius 3 is 2.26 bits per heavy atom. The molecule has 0 spiro atoms. The largest absolute Gasteiger partial charge is 0.288 e. The van der Waals surface area contributed by atoms with Gasteiger partial charge >= 0.3 is 0 Å². The van der Waals surface area contributed by atoms with Crippen LogP contribution < -0.4 is 0 Å². The van der Waals surface area contributed by atoms with Gasteiger partial charge in [0.1, 0.15) is 5.82 Å². The van der Waals surface area contributed by atoms with E-state index in [-0.39, 0.29) is 11.3 Å². The number of aryl methyl sites for hydroxylation is 1. The van der Waals surface area contributed by atoms with Gasteiger partial charge < -0.3 is 0 Å². The van der Waals surface area contributed by atoms with Gasteiger partial charge in [-0.2, -0.15) is 0 Å². The van der Waals surface area contributed by atoms with Crippen molar-refractivity contribution < 1.29 is 9.18 Å². The molecule has 0 heterocycles. The minimum atomic E-state index is -0.445. The number of fused-ring (bicyclic) bond motifs is 1. The van der Waals surface area contributed by atoms with Crippen molar-refractivity contribution in [3.8, 4) is 0 Å². The third-order valence-electron chi connectivity index (χ3n) is 4.91. The normalized spacial score (nSPS) is 15.0. The zero-order chi connectivity index (χ0) is 20.4. The summed E-state index contributed by atoms with van der Waals surface area (Å²) in [5.74, 6) is 0.820. The summed E-state index contributed by atoms with van der Waals surface area (Å²) in [4.78, 5) is 12.6. The Morgan fingerprint density at radius 1 is 1.07 bits per heavy atom. The van der Waals surface area contributed by atoms with Crippen LogP contribution in [0.5, 0.6) is 0 Å². The summed E-state index contributed by atoms with van der Waals surface area (Å²) in [5, 5.41) is 0. The fourth-order valence-electron chi connectivity index (χ4n) is 2.97. The van der Waals surface area contributed by atoms with Crippen LogP contribution in [0.3, 0.4) is 0 Å². The number of benzene rings is 2. The fourth-order valence-corrected chi connectivity index (χ4v) is 2.97. The van der Waals surface area contributed by atoms with Crippen LogP contribution in [0.1, 0.15) is 81.4 Å². The summed E-state index contributed by atoms with van der Waals surface area (Å²) in [6, 6.07) is 12.0. The lowest BCUT2D eigenvalue weighted by atomic mass is 9.81. The summed E-state index contributed by atoms with van der Waals surface area (Å²) in [6.07, 6.45) is 4.38. The number of ketones is 1. The molecule has 0 fully saturated rings. The Bertz CT molecular complexity index is 718. The number of carbonyl (C=O) groups is 1. The molecule has 0 saturated heterocycles. The minimum absolute atomic E-state index is 0.166. The van der Waals surface area contributed by atoms with Gasteiger partial charge in [0, 0.05) is 5.56 Å². The van der Waals surface area contributed by atoms with Crippen LogP contribution in [0.4, 0.5) is 4.39 Å². The van der Waals surface area contributed by atoms with Crippen LogP contribution >= 0.6 is 0 Å². The van der Waals surface area contributed by atoms with Crippen LogP contribution in [0.2, 0.25) is 0 Å². The van der Waals surface area contributed by atoms with E-state index in [1.165, 1.54) is 18.1 Å². The molecule has 0 saturated carbocycles. The molecule has 27 heavy (non-hydrogen) atoms. The first-order chi connectivity index (χ1) is 12.9. The van der Waals surface area contributed by atoms with Gasteiger partial charge in [-0.3, -0.25) is 4.79 Å². The lowest BCUT2D eigenvalue weighted by Crippen LogP contribution is -2.16. The third kappa shape index (κ3) is 6.61. The van der Waals surface area contributed by atoms with Crippen molar-refractivity contribution in [3.05, 3.63) is 70.5 Å². The average molecular weight is 371 g/mol. The summed E-state index contributed by atoms with van der Waals surface area (Å²) < 4.78 is 13.8. The van der Waals surface area contributed by atoms with Gasteiger partial charge in [-0.25, -0.2) is 4.39 Å². The topological polar surface area (TPSA) is 17.1 Å². The molecule has 0 aromatic heterocycles. The van der Waals surface area contributed by atoms with Crippen molar-refractivity contribution in [2.75, 3.05) is 0 Å². The quantitative estimate of drug-likeness (QED) is 0.520. The Kier molecular flexibility index (Phi) is 9.99. The van der Waals surface area contributed by atoms with Gasteiger partial charge in [0.05, 0.1) is 5.56 Å². The highest BCUT2D eigenvalue weighted by atomic mass is 19.1. The molecule has 1 nitrogen and oxygen atoms in total. The van der Waals surface area contributed by atoms with E-state index < -0.39 is 5.82 Å². The fraction of sp³-hybridized carbons (Fsp3) is 0.480. The van der Waals surface area contributed by atoms with Crippen LogP contribution in [0.15, 0.2) is 42.5 Å².